The van der Waals surface area contributed by atoms with Crippen LogP contribution in [0.1, 0.15) is 71.1 Å². The van der Waals surface area contributed by atoms with Crippen molar-refractivity contribution in [2.24, 2.45) is 5.92 Å². The first-order valence-corrected chi connectivity index (χ1v) is 15.3. The maximum atomic E-state index is 15.4. The Hall–Kier alpha value is -3.48. The first kappa shape index (κ1) is 30.2. The predicted octanol–water partition coefficient (Wildman–Crippen LogP) is 5.67. The fourth-order valence-electron chi connectivity index (χ4n) is 7.01. The number of carbonyl (C=O) groups excluding carboxylic acids is 1. The number of nitrogens with zero attached hydrogens (tertiary/aromatic N) is 3. The van der Waals surface area contributed by atoms with Crippen molar-refractivity contribution >= 4 is 23.5 Å². The summed E-state index contributed by atoms with van der Waals surface area (Å²) in [5.74, 6) is -2.75. The van der Waals surface area contributed by atoms with Crippen molar-refractivity contribution in [1.82, 2.24) is 14.7 Å². The van der Waals surface area contributed by atoms with E-state index >= 15 is 4.39 Å². The Kier molecular flexibility index (Phi) is 7.06. The van der Waals surface area contributed by atoms with Gasteiger partial charge in [0.25, 0.3) is 0 Å². The minimum Gasteiger partial charge on any atom is -0.478 e. The van der Waals surface area contributed by atoms with Gasteiger partial charge < -0.3 is 19.8 Å². The predicted molar refractivity (Wildman–Crippen MR) is 153 cm³/mol. The van der Waals surface area contributed by atoms with Gasteiger partial charge in [0.1, 0.15) is 5.82 Å². The molecule has 7 rings (SSSR count). The number of hydrogen-bond donors (Lipinski definition) is 2. The number of aromatic carboxylic acids is 1. The van der Waals surface area contributed by atoms with Crippen LogP contribution in [0.3, 0.4) is 0 Å². The van der Waals surface area contributed by atoms with Crippen molar-refractivity contribution in [3.05, 3.63) is 75.2 Å². The first-order valence-electron chi connectivity index (χ1n) is 14.9. The van der Waals surface area contributed by atoms with E-state index in [1.807, 2.05) is 0 Å². The number of halogens is 5. The van der Waals surface area contributed by atoms with Crippen molar-refractivity contribution in [2.45, 2.75) is 68.4 Å². The second kappa shape index (κ2) is 10.5. The second-order valence-electron chi connectivity index (χ2n) is 12.6. The van der Waals surface area contributed by atoms with Gasteiger partial charge >= 0.3 is 12.1 Å². The smallest absolute Gasteiger partial charge is 0.398 e. The number of amides is 1. The van der Waals surface area contributed by atoms with Gasteiger partial charge in [0, 0.05) is 52.8 Å². The SMILES string of the molecule is O=C(O)c1ccc(-c2nn(C(O)c3c(Cl)cccc3C3(C(F)(F)F)CC3)c3c2CCC(C(=O)N2CCOC4(CC4)C2)C3)c(F)c1. The highest BCUT2D eigenvalue weighted by Gasteiger charge is 2.65. The molecule has 1 aromatic heterocycles. The van der Waals surface area contributed by atoms with Crippen LogP contribution in [0.5, 0.6) is 0 Å². The first-order chi connectivity index (χ1) is 21.3. The lowest BCUT2D eigenvalue weighted by Gasteiger charge is -2.36. The van der Waals surface area contributed by atoms with E-state index in [4.69, 9.17) is 16.3 Å². The van der Waals surface area contributed by atoms with Crippen LogP contribution in [-0.4, -0.2) is 68.2 Å². The summed E-state index contributed by atoms with van der Waals surface area (Å²) in [5, 5.41) is 25.6. The molecule has 2 atom stereocenters. The van der Waals surface area contributed by atoms with Crippen LogP contribution >= 0.6 is 11.6 Å². The molecule has 0 radical (unpaired) electrons. The van der Waals surface area contributed by atoms with E-state index < -0.39 is 35.5 Å². The highest BCUT2D eigenvalue weighted by molar-refractivity contribution is 6.31. The van der Waals surface area contributed by atoms with E-state index in [-0.39, 0.29) is 70.2 Å². The molecule has 1 spiro atoms. The molecule has 238 valence electrons. The van der Waals surface area contributed by atoms with Crippen molar-refractivity contribution in [3.63, 3.8) is 0 Å². The molecule has 2 N–H and O–H groups in total. The van der Waals surface area contributed by atoms with Crippen LogP contribution in [0.25, 0.3) is 11.3 Å². The molecule has 3 aromatic rings. The summed E-state index contributed by atoms with van der Waals surface area (Å²) >= 11 is 6.49. The van der Waals surface area contributed by atoms with Crippen LogP contribution in [0.4, 0.5) is 17.6 Å². The number of aliphatic hydroxyl groups is 1. The highest BCUT2D eigenvalue weighted by atomic mass is 35.5. The van der Waals surface area contributed by atoms with Crippen molar-refractivity contribution in [3.8, 4) is 11.3 Å². The van der Waals surface area contributed by atoms with Crippen LogP contribution in [0.15, 0.2) is 36.4 Å². The van der Waals surface area contributed by atoms with Crippen molar-refractivity contribution < 1.29 is 42.1 Å². The second-order valence-corrected chi connectivity index (χ2v) is 13.0. The quantitative estimate of drug-likeness (QED) is 0.334. The molecule has 3 aliphatic carbocycles. The van der Waals surface area contributed by atoms with Gasteiger partial charge in [0.2, 0.25) is 5.91 Å². The lowest BCUT2D eigenvalue weighted by atomic mass is 9.84. The Morgan fingerprint density at radius 1 is 1.13 bits per heavy atom. The minimum absolute atomic E-state index is 0.0239. The zero-order chi connectivity index (χ0) is 31.9. The number of rotatable bonds is 6. The van der Waals surface area contributed by atoms with Crippen LogP contribution in [0.2, 0.25) is 5.02 Å². The zero-order valence-corrected chi connectivity index (χ0v) is 24.8. The Morgan fingerprint density at radius 3 is 2.53 bits per heavy atom. The monoisotopic (exact) mass is 647 g/mol. The molecule has 2 saturated carbocycles. The molecule has 2 unspecified atom stereocenters. The normalized spacial score (nSPS) is 22.2. The van der Waals surface area contributed by atoms with Crippen molar-refractivity contribution in [1.29, 1.82) is 0 Å². The molecule has 1 amide bonds. The van der Waals surface area contributed by atoms with Gasteiger partial charge in [-0.15, -0.1) is 0 Å². The number of ether oxygens (including phenoxy) is 1. The summed E-state index contributed by atoms with van der Waals surface area (Å²) in [5.41, 5.74) is -1.98. The molecule has 0 bridgehead atoms. The van der Waals surface area contributed by atoms with Gasteiger partial charge in [-0.1, -0.05) is 23.7 Å². The summed E-state index contributed by atoms with van der Waals surface area (Å²) in [6.07, 6.45) is -4.08. The van der Waals surface area contributed by atoms with Gasteiger partial charge in [-0.25, -0.2) is 13.9 Å². The molecular weight excluding hydrogens is 618 g/mol. The topological polar surface area (TPSA) is 105 Å². The molecular formula is C32H30ClF4N3O5. The van der Waals surface area contributed by atoms with E-state index in [9.17, 15) is 33.0 Å². The van der Waals surface area contributed by atoms with E-state index in [2.05, 4.69) is 5.10 Å². The molecule has 1 aliphatic heterocycles. The molecule has 2 aromatic carbocycles. The van der Waals surface area contributed by atoms with E-state index in [1.54, 1.807) is 4.90 Å². The van der Waals surface area contributed by atoms with Crippen molar-refractivity contribution in [2.75, 3.05) is 19.7 Å². The maximum absolute atomic E-state index is 15.4. The number of fused-ring (bicyclic) bond motifs is 1. The number of aromatic nitrogens is 2. The van der Waals surface area contributed by atoms with Crippen LogP contribution in [-0.2, 0) is 27.8 Å². The van der Waals surface area contributed by atoms with Gasteiger partial charge in [-0.3, -0.25) is 4.79 Å². The van der Waals surface area contributed by atoms with Gasteiger partial charge in [-0.05, 0) is 68.4 Å². The van der Waals surface area contributed by atoms with E-state index in [0.717, 1.165) is 23.6 Å². The Labute approximate surface area is 260 Å². The Morgan fingerprint density at radius 2 is 1.89 bits per heavy atom. The van der Waals surface area contributed by atoms with Crippen LogP contribution < -0.4 is 0 Å². The standard InChI is InChI=1S/C32H30ClF4N3O5/c33-22-3-1-2-21(31(10-11-31)32(35,36)37)25(22)28(42)40-24-15-17(27(41)39-12-13-45-30(16-39)8-9-30)4-7-20(24)26(38-40)19-6-5-18(29(43)44)14-23(19)34/h1-3,5-6,14,17,28,42H,4,7-13,15-16H2,(H,43,44). The molecule has 4 aliphatic rings. The fraction of sp³-hybridized carbons (Fsp3) is 0.469. The summed E-state index contributed by atoms with van der Waals surface area (Å²) in [4.78, 5) is 27.0. The number of morpholine rings is 1. The van der Waals surface area contributed by atoms with Gasteiger partial charge in [0.05, 0.1) is 28.9 Å². The highest BCUT2D eigenvalue weighted by Crippen LogP contribution is 2.60. The molecule has 45 heavy (non-hydrogen) atoms. The number of alkyl halides is 3. The number of carboxylic acid groups (broad SMARTS) is 1. The summed E-state index contributed by atoms with van der Waals surface area (Å²) in [6.45, 7) is 1.37. The van der Waals surface area contributed by atoms with Gasteiger partial charge in [-0.2, -0.15) is 18.3 Å². The van der Waals surface area contributed by atoms with E-state index in [0.29, 0.717) is 37.4 Å². The minimum atomic E-state index is -4.58. The fourth-order valence-corrected chi connectivity index (χ4v) is 7.28. The number of carboxylic acids is 1. The largest absolute Gasteiger partial charge is 0.478 e. The summed E-state index contributed by atoms with van der Waals surface area (Å²) in [6, 6.07) is 7.50. The lowest BCUT2D eigenvalue weighted by Crippen LogP contribution is -2.49. The Balaban J connectivity index is 1.32. The van der Waals surface area contributed by atoms with E-state index in [1.165, 1.54) is 30.3 Å². The Bertz CT molecular complexity index is 1720. The molecule has 8 nitrogen and oxygen atoms in total. The molecule has 1 saturated heterocycles. The molecule has 3 fully saturated rings. The molecule has 13 heteroatoms. The van der Waals surface area contributed by atoms with Crippen LogP contribution in [0, 0.1) is 11.7 Å². The summed E-state index contributed by atoms with van der Waals surface area (Å²) in [7, 11) is 0. The summed E-state index contributed by atoms with van der Waals surface area (Å²) < 4.78 is 65.2. The maximum Gasteiger partial charge on any atom is 0.398 e. The lowest BCUT2D eigenvalue weighted by molar-refractivity contribution is -0.161. The zero-order valence-electron chi connectivity index (χ0n) is 24.0. The van der Waals surface area contributed by atoms with Gasteiger partial charge in [0.15, 0.2) is 6.23 Å². The number of benzene rings is 2. The third-order valence-corrected chi connectivity index (χ3v) is 10.2. The average Bonchev–Trinajstić information content (AvgIpc) is 3.93. The number of aliphatic hydroxyl groups excluding tert-OH is 1. The number of hydrogen-bond acceptors (Lipinski definition) is 5. The third kappa shape index (κ3) is 5.01. The molecule has 2 heterocycles. The average molecular weight is 648 g/mol. The third-order valence-electron chi connectivity index (χ3n) is 9.84. The number of carbonyl (C=O) groups is 2.